The molecule has 0 radical (unpaired) electrons. The topological polar surface area (TPSA) is 6.48 Å². The van der Waals surface area contributed by atoms with E-state index in [1.807, 2.05) is 0 Å². The molecule has 2 aliphatic heterocycles. The highest BCUT2D eigenvalue weighted by molar-refractivity contribution is 4.98. The van der Waals surface area contributed by atoms with Crippen molar-refractivity contribution in [1.29, 1.82) is 0 Å². The van der Waals surface area contributed by atoms with Crippen molar-refractivity contribution in [2.24, 2.45) is 22.7 Å². The molecule has 1 unspecified atom stereocenters. The van der Waals surface area contributed by atoms with Crippen molar-refractivity contribution >= 4 is 0 Å². The van der Waals surface area contributed by atoms with E-state index in [-0.39, 0.29) is 0 Å². The van der Waals surface area contributed by atoms with Crippen LogP contribution in [-0.4, -0.2) is 50.1 Å². The predicted octanol–water partition coefficient (Wildman–Crippen LogP) is 3.48. The fourth-order valence-electron chi connectivity index (χ4n) is 5.79. The molecule has 0 aromatic heterocycles. The minimum absolute atomic E-state index is 0.786. The standard InChI is InChI=1S/2C9H17N/c1-8-5-9(6-8)3-4-10(2)7-9;1-8-3-4-9(5-8)6-10(2)7-9/h2*8H,3-7H2,1-2H3. The van der Waals surface area contributed by atoms with E-state index in [4.69, 9.17) is 0 Å². The van der Waals surface area contributed by atoms with Gasteiger partial charge in [-0.2, -0.15) is 0 Å². The molecule has 4 aliphatic rings. The van der Waals surface area contributed by atoms with Gasteiger partial charge in [0.15, 0.2) is 0 Å². The molecular formula is C18H34N2. The number of likely N-dealkylation sites (tertiary alicyclic amines) is 2. The normalized spacial score (nSPS) is 43.2. The molecule has 0 aromatic carbocycles. The van der Waals surface area contributed by atoms with E-state index in [9.17, 15) is 0 Å². The molecule has 0 N–H and O–H groups in total. The Bertz CT molecular complexity index is 294. The van der Waals surface area contributed by atoms with Crippen molar-refractivity contribution in [3.05, 3.63) is 0 Å². The first kappa shape index (κ1) is 14.8. The van der Waals surface area contributed by atoms with Crippen LogP contribution in [0.4, 0.5) is 0 Å². The van der Waals surface area contributed by atoms with E-state index in [1.165, 1.54) is 64.7 Å². The highest BCUT2D eigenvalue weighted by Gasteiger charge is 2.46. The van der Waals surface area contributed by atoms with Crippen molar-refractivity contribution in [1.82, 2.24) is 9.80 Å². The highest BCUT2D eigenvalue weighted by Crippen LogP contribution is 2.51. The van der Waals surface area contributed by atoms with Gasteiger partial charge in [0.25, 0.3) is 0 Å². The fourth-order valence-corrected chi connectivity index (χ4v) is 5.79. The van der Waals surface area contributed by atoms with Crippen LogP contribution in [0.15, 0.2) is 0 Å². The fraction of sp³-hybridized carbons (Fsp3) is 1.00. The molecule has 0 bridgehead atoms. The van der Waals surface area contributed by atoms with Crippen molar-refractivity contribution in [3.8, 4) is 0 Å². The molecule has 20 heavy (non-hydrogen) atoms. The third-order valence-electron chi connectivity index (χ3n) is 6.35. The molecule has 2 saturated heterocycles. The van der Waals surface area contributed by atoms with E-state index in [0.717, 1.165) is 22.7 Å². The smallest absolute Gasteiger partial charge is 0.00475 e. The maximum atomic E-state index is 2.48. The molecule has 2 aliphatic carbocycles. The summed E-state index contributed by atoms with van der Waals surface area (Å²) in [7, 11) is 4.48. The van der Waals surface area contributed by atoms with Crippen LogP contribution in [0.5, 0.6) is 0 Å². The summed E-state index contributed by atoms with van der Waals surface area (Å²) in [6.07, 6.45) is 8.94. The van der Waals surface area contributed by atoms with Crippen LogP contribution in [0.2, 0.25) is 0 Å². The first-order valence-corrected chi connectivity index (χ1v) is 8.78. The van der Waals surface area contributed by atoms with Crippen molar-refractivity contribution in [3.63, 3.8) is 0 Å². The van der Waals surface area contributed by atoms with Gasteiger partial charge in [0, 0.05) is 19.6 Å². The number of rotatable bonds is 0. The van der Waals surface area contributed by atoms with E-state index >= 15 is 0 Å². The molecule has 1 atom stereocenters. The van der Waals surface area contributed by atoms with Gasteiger partial charge in [0.1, 0.15) is 0 Å². The Hall–Kier alpha value is -0.0800. The van der Waals surface area contributed by atoms with E-state index in [0.29, 0.717) is 0 Å². The van der Waals surface area contributed by atoms with Crippen molar-refractivity contribution < 1.29 is 0 Å². The summed E-state index contributed by atoms with van der Waals surface area (Å²) in [5, 5.41) is 0. The summed E-state index contributed by atoms with van der Waals surface area (Å²) in [5.74, 6) is 2.03. The first-order chi connectivity index (χ1) is 9.40. The number of hydrogen-bond acceptors (Lipinski definition) is 2. The van der Waals surface area contributed by atoms with Gasteiger partial charge in [-0.05, 0) is 75.4 Å². The van der Waals surface area contributed by atoms with Crippen LogP contribution >= 0.6 is 0 Å². The van der Waals surface area contributed by atoms with Gasteiger partial charge in [0.2, 0.25) is 0 Å². The lowest BCUT2D eigenvalue weighted by Gasteiger charge is -2.46. The third kappa shape index (κ3) is 2.92. The monoisotopic (exact) mass is 278 g/mol. The number of nitrogens with zero attached hydrogens (tertiary/aromatic N) is 2. The summed E-state index contributed by atoms with van der Waals surface area (Å²) in [6, 6.07) is 0. The zero-order chi connectivity index (χ0) is 14.4. The lowest BCUT2D eigenvalue weighted by Crippen LogP contribution is -2.52. The van der Waals surface area contributed by atoms with Crippen LogP contribution in [0.25, 0.3) is 0 Å². The molecule has 116 valence electrons. The van der Waals surface area contributed by atoms with Gasteiger partial charge in [-0.1, -0.05) is 20.3 Å². The SMILES string of the molecule is CC1CC2(CCN(C)C2)C1.CC1CCC2(C1)CN(C)C2. The zero-order valence-corrected chi connectivity index (χ0v) is 14.1. The van der Waals surface area contributed by atoms with Gasteiger partial charge < -0.3 is 9.80 Å². The van der Waals surface area contributed by atoms with Gasteiger partial charge in [-0.25, -0.2) is 0 Å². The Morgan fingerprint density at radius 3 is 1.75 bits per heavy atom. The second kappa shape index (κ2) is 5.28. The van der Waals surface area contributed by atoms with Crippen LogP contribution < -0.4 is 0 Å². The van der Waals surface area contributed by atoms with E-state index < -0.39 is 0 Å². The second-order valence-electron chi connectivity index (χ2n) is 9.02. The largest absolute Gasteiger partial charge is 0.306 e. The molecule has 0 amide bonds. The summed E-state index contributed by atoms with van der Waals surface area (Å²) in [4.78, 5) is 4.92. The maximum Gasteiger partial charge on any atom is 0.00475 e. The molecule has 4 fully saturated rings. The molecule has 2 heteroatoms. The Labute approximate surface area is 125 Å². The summed E-state index contributed by atoms with van der Waals surface area (Å²) >= 11 is 0. The van der Waals surface area contributed by atoms with Gasteiger partial charge in [-0.3, -0.25) is 0 Å². The van der Waals surface area contributed by atoms with Gasteiger partial charge in [0.05, 0.1) is 0 Å². The lowest BCUT2D eigenvalue weighted by molar-refractivity contribution is 0.0258. The Balaban J connectivity index is 0.000000121. The lowest BCUT2D eigenvalue weighted by atomic mass is 9.62. The van der Waals surface area contributed by atoms with Crippen LogP contribution in [0.1, 0.15) is 52.4 Å². The molecule has 2 spiro atoms. The molecule has 2 heterocycles. The third-order valence-corrected chi connectivity index (χ3v) is 6.35. The summed E-state index contributed by atoms with van der Waals surface area (Å²) < 4.78 is 0. The quantitative estimate of drug-likeness (QED) is 0.669. The second-order valence-corrected chi connectivity index (χ2v) is 9.02. The highest BCUT2D eigenvalue weighted by atomic mass is 15.2. The zero-order valence-electron chi connectivity index (χ0n) is 14.1. The minimum Gasteiger partial charge on any atom is -0.306 e. The van der Waals surface area contributed by atoms with E-state index in [1.54, 1.807) is 0 Å². The molecule has 4 rings (SSSR count). The molecular weight excluding hydrogens is 244 g/mol. The molecule has 0 aromatic rings. The minimum atomic E-state index is 0.786. The Kier molecular flexibility index (Phi) is 3.92. The average molecular weight is 278 g/mol. The Morgan fingerprint density at radius 1 is 0.750 bits per heavy atom. The molecule has 2 nitrogen and oxygen atoms in total. The summed E-state index contributed by atoms with van der Waals surface area (Å²) in [5.41, 5.74) is 1.57. The van der Waals surface area contributed by atoms with Crippen LogP contribution in [0, 0.1) is 22.7 Å². The van der Waals surface area contributed by atoms with Gasteiger partial charge >= 0.3 is 0 Å². The summed E-state index contributed by atoms with van der Waals surface area (Å²) in [6.45, 7) is 10.2. The molecule has 2 saturated carbocycles. The average Bonchev–Trinajstić information content (AvgIpc) is 2.84. The predicted molar refractivity (Wildman–Crippen MR) is 85.9 cm³/mol. The van der Waals surface area contributed by atoms with E-state index in [2.05, 4.69) is 37.7 Å². The maximum absolute atomic E-state index is 2.48. The number of hydrogen-bond donors (Lipinski definition) is 0. The first-order valence-electron chi connectivity index (χ1n) is 8.78. The van der Waals surface area contributed by atoms with Crippen molar-refractivity contribution in [2.75, 3.05) is 40.3 Å². The van der Waals surface area contributed by atoms with Gasteiger partial charge in [-0.15, -0.1) is 0 Å². The van der Waals surface area contributed by atoms with Crippen molar-refractivity contribution in [2.45, 2.75) is 52.4 Å². The van der Waals surface area contributed by atoms with Crippen LogP contribution in [-0.2, 0) is 0 Å². The van der Waals surface area contributed by atoms with Crippen LogP contribution in [0.3, 0.4) is 0 Å². The Morgan fingerprint density at radius 2 is 1.35 bits per heavy atom.